The fraction of sp³-hybridized carbons (Fsp3) is 0.250. The maximum Gasteiger partial charge on any atom is 0.338 e. The first-order valence-corrected chi connectivity index (χ1v) is 9.55. The molecule has 2 aromatic rings. The maximum absolute atomic E-state index is 11.8. The zero-order valence-corrected chi connectivity index (χ0v) is 17.6. The first-order chi connectivity index (χ1) is 13.9. The van der Waals surface area contributed by atoms with Crippen molar-refractivity contribution < 1.29 is 28.6 Å². The van der Waals surface area contributed by atoms with E-state index in [0.29, 0.717) is 17.1 Å². The van der Waals surface area contributed by atoms with Crippen LogP contribution in [0.3, 0.4) is 0 Å². The van der Waals surface area contributed by atoms with Gasteiger partial charge in [-0.1, -0.05) is 15.9 Å². The molecule has 0 unspecified atom stereocenters. The first kappa shape index (κ1) is 22.2. The maximum atomic E-state index is 11.8. The molecule has 0 heterocycles. The fourth-order valence-electron chi connectivity index (χ4n) is 2.12. The molecule has 0 aromatic heterocycles. The van der Waals surface area contributed by atoms with E-state index in [1.807, 2.05) is 13.0 Å². The Balaban J connectivity index is 1.69. The Bertz CT molecular complexity index is 870. The average Bonchev–Trinajstić information content (AvgIpc) is 2.72. The number of ether oxygens (including phenoxy) is 3. The second kappa shape index (κ2) is 11.1. The molecule has 0 aliphatic rings. The van der Waals surface area contributed by atoms with Crippen LogP contribution in [0.25, 0.3) is 0 Å². The highest BCUT2D eigenvalue weighted by Crippen LogP contribution is 2.21. The smallest absolute Gasteiger partial charge is 0.338 e. The van der Waals surface area contributed by atoms with Crippen LogP contribution in [-0.4, -0.2) is 37.6 Å². The third-order valence-corrected chi connectivity index (χ3v) is 4.47. The van der Waals surface area contributed by atoms with E-state index in [9.17, 15) is 14.4 Å². The Morgan fingerprint density at radius 2 is 1.45 bits per heavy atom. The summed E-state index contributed by atoms with van der Waals surface area (Å²) in [5.74, 6) is -0.555. The first-order valence-electron chi connectivity index (χ1n) is 8.75. The van der Waals surface area contributed by atoms with Gasteiger partial charge in [0.15, 0.2) is 13.2 Å². The molecule has 0 fully saturated rings. The van der Waals surface area contributed by atoms with Crippen LogP contribution in [0.4, 0.5) is 0 Å². The molecule has 0 aliphatic carbocycles. The monoisotopic (exact) mass is 464 g/mol. The zero-order valence-electron chi connectivity index (χ0n) is 16.0. The van der Waals surface area contributed by atoms with Gasteiger partial charge in [-0.15, -0.1) is 0 Å². The van der Waals surface area contributed by atoms with Crippen LogP contribution in [0.1, 0.15) is 22.8 Å². The molecule has 0 saturated carbocycles. The van der Waals surface area contributed by atoms with Gasteiger partial charge in [-0.25, -0.2) is 4.79 Å². The van der Waals surface area contributed by atoms with Crippen molar-refractivity contribution in [2.75, 3.05) is 19.8 Å². The molecule has 154 valence electrons. The van der Waals surface area contributed by atoms with Gasteiger partial charge in [0.1, 0.15) is 11.5 Å². The van der Waals surface area contributed by atoms with Gasteiger partial charge in [0.25, 0.3) is 11.8 Å². The minimum Gasteiger partial charge on any atom is -0.484 e. The van der Waals surface area contributed by atoms with E-state index in [1.54, 1.807) is 31.2 Å². The summed E-state index contributed by atoms with van der Waals surface area (Å²) in [4.78, 5) is 35.1. The SMILES string of the molecule is CCOC(=O)c1ccc(OCC(=O)NNC(=O)COc2ccc(Br)c(C)c2)cc1. The summed E-state index contributed by atoms with van der Waals surface area (Å²) < 4.78 is 16.5. The minimum absolute atomic E-state index is 0.252. The molecule has 0 aliphatic heterocycles. The lowest BCUT2D eigenvalue weighted by molar-refractivity contribution is -0.131. The second-order valence-electron chi connectivity index (χ2n) is 5.83. The van der Waals surface area contributed by atoms with Crippen LogP contribution >= 0.6 is 15.9 Å². The lowest BCUT2D eigenvalue weighted by Gasteiger charge is -2.10. The van der Waals surface area contributed by atoms with E-state index in [2.05, 4.69) is 26.8 Å². The fourth-order valence-corrected chi connectivity index (χ4v) is 2.36. The molecular formula is C20H21BrN2O6. The van der Waals surface area contributed by atoms with Crippen molar-refractivity contribution in [3.63, 3.8) is 0 Å². The zero-order chi connectivity index (χ0) is 21.2. The van der Waals surface area contributed by atoms with E-state index in [0.717, 1.165) is 10.0 Å². The molecule has 29 heavy (non-hydrogen) atoms. The van der Waals surface area contributed by atoms with E-state index in [1.165, 1.54) is 12.1 Å². The molecule has 2 aromatic carbocycles. The summed E-state index contributed by atoms with van der Waals surface area (Å²) in [5, 5.41) is 0. The number of hydrazine groups is 1. The molecular weight excluding hydrogens is 444 g/mol. The molecule has 0 spiro atoms. The Kier molecular flexibility index (Phi) is 8.47. The predicted octanol–water partition coefficient (Wildman–Crippen LogP) is 2.54. The van der Waals surface area contributed by atoms with Crippen LogP contribution in [-0.2, 0) is 14.3 Å². The molecule has 2 rings (SSSR count). The highest BCUT2D eigenvalue weighted by Gasteiger charge is 2.09. The Morgan fingerprint density at radius 3 is 2.00 bits per heavy atom. The van der Waals surface area contributed by atoms with Gasteiger partial charge in [-0.3, -0.25) is 20.4 Å². The number of esters is 1. The number of hydrogen-bond donors (Lipinski definition) is 2. The number of nitrogens with one attached hydrogen (secondary N) is 2. The lowest BCUT2D eigenvalue weighted by Crippen LogP contribution is -2.45. The molecule has 2 N–H and O–H groups in total. The van der Waals surface area contributed by atoms with Crippen LogP contribution in [0.5, 0.6) is 11.5 Å². The molecule has 0 bridgehead atoms. The summed E-state index contributed by atoms with van der Waals surface area (Å²) in [6.07, 6.45) is 0. The number of aryl methyl sites for hydroxylation is 1. The predicted molar refractivity (Wildman–Crippen MR) is 109 cm³/mol. The summed E-state index contributed by atoms with van der Waals surface area (Å²) >= 11 is 3.38. The van der Waals surface area contributed by atoms with Gasteiger partial charge < -0.3 is 14.2 Å². The van der Waals surface area contributed by atoms with Gasteiger partial charge in [0.05, 0.1) is 12.2 Å². The molecule has 0 saturated heterocycles. The lowest BCUT2D eigenvalue weighted by atomic mass is 10.2. The van der Waals surface area contributed by atoms with Crippen molar-refractivity contribution in [2.24, 2.45) is 0 Å². The summed E-state index contributed by atoms with van der Waals surface area (Å²) in [6, 6.07) is 11.5. The second-order valence-corrected chi connectivity index (χ2v) is 6.68. The topological polar surface area (TPSA) is 103 Å². The van der Waals surface area contributed by atoms with Crippen LogP contribution in [0, 0.1) is 6.92 Å². The minimum atomic E-state index is -0.549. The van der Waals surface area contributed by atoms with Crippen molar-refractivity contribution in [1.82, 2.24) is 10.9 Å². The molecule has 0 radical (unpaired) electrons. The number of benzene rings is 2. The summed E-state index contributed by atoms with van der Waals surface area (Å²) in [7, 11) is 0. The quantitative estimate of drug-likeness (QED) is 0.459. The van der Waals surface area contributed by atoms with Crippen LogP contribution in [0.15, 0.2) is 46.9 Å². The number of hydrogen-bond acceptors (Lipinski definition) is 6. The number of carbonyl (C=O) groups excluding carboxylic acids is 3. The summed E-state index contributed by atoms with van der Waals surface area (Å²) in [6.45, 7) is 3.35. The van der Waals surface area contributed by atoms with Crippen molar-refractivity contribution in [1.29, 1.82) is 0 Å². The number of rotatable bonds is 8. The van der Waals surface area contributed by atoms with Gasteiger partial charge in [-0.05, 0) is 61.9 Å². The Labute approximate surface area is 176 Å². The van der Waals surface area contributed by atoms with Crippen molar-refractivity contribution in [3.05, 3.63) is 58.1 Å². The van der Waals surface area contributed by atoms with Gasteiger partial charge in [-0.2, -0.15) is 0 Å². The summed E-state index contributed by atoms with van der Waals surface area (Å²) in [5.41, 5.74) is 5.83. The van der Waals surface area contributed by atoms with E-state index < -0.39 is 17.8 Å². The number of carbonyl (C=O) groups is 3. The van der Waals surface area contributed by atoms with Gasteiger partial charge >= 0.3 is 5.97 Å². The van der Waals surface area contributed by atoms with Gasteiger partial charge in [0.2, 0.25) is 0 Å². The highest BCUT2D eigenvalue weighted by molar-refractivity contribution is 9.10. The van der Waals surface area contributed by atoms with E-state index in [-0.39, 0.29) is 19.8 Å². The van der Waals surface area contributed by atoms with Crippen molar-refractivity contribution in [3.8, 4) is 11.5 Å². The van der Waals surface area contributed by atoms with E-state index >= 15 is 0 Å². The molecule has 2 amide bonds. The largest absolute Gasteiger partial charge is 0.484 e. The third-order valence-electron chi connectivity index (χ3n) is 3.58. The van der Waals surface area contributed by atoms with E-state index in [4.69, 9.17) is 14.2 Å². The molecule has 9 heteroatoms. The standard InChI is InChI=1S/C20H21BrN2O6/c1-3-27-20(26)14-4-6-15(7-5-14)28-11-18(24)22-23-19(25)12-29-16-8-9-17(21)13(2)10-16/h4-10H,3,11-12H2,1-2H3,(H,22,24)(H,23,25). The Morgan fingerprint density at radius 1 is 0.897 bits per heavy atom. The highest BCUT2D eigenvalue weighted by atomic mass is 79.9. The third kappa shape index (κ3) is 7.46. The van der Waals surface area contributed by atoms with Crippen molar-refractivity contribution >= 4 is 33.7 Å². The van der Waals surface area contributed by atoms with Crippen LogP contribution in [0.2, 0.25) is 0 Å². The number of halogens is 1. The average molecular weight is 465 g/mol. The molecule has 8 nitrogen and oxygen atoms in total. The Hall–Kier alpha value is -3.07. The van der Waals surface area contributed by atoms with Crippen LogP contribution < -0.4 is 20.3 Å². The van der Waals surface area contributed by atoms with Crippen molar-refractivity contribution in [2.45, 2.75) is 13.8 Å². The number of amides is 2. The normalized spacial score (nSPS) is 10.0. The molecule has 0 atom stereocenters. The van der Waals surface area contributed by atoms with Gasteiger partial charge in [0, 0.05) is 4.47 Å².